The minimum atomic E-state index is -1.09. The molecule has 10 heteroatoms. The summed E-state index contributed by atoms with van der Waals surface area (Å²) >= 11 is 0. The lowest BCUT2D eigenvalue weighted by Crippen LogP contribution is -2.32. The average Bonchev–Trinajstić information content (AvgIpc) is 3.51. The van der Waals surface area contributed by atoms with E-state index in [0.29, 0.717) is 52.9 Å². The number of fused-ring (bicyclic) bond motifs is 4. The number of benzene rings is 8. The minimum absolute atomic E-state index is 0.471. The molecule has 0 N–H and O–H groups in total. The van der Waals surface area contributed by atoms with Gasteiger partial charge in [-0.05, 0) is 209 Å². The van der Waals surface area contributed by atoms with Crippen LogP contribution < -0.4 is 69.7 Å². The molecule has 388 valence electrons. The first kappa shape index (κ1) is 51.1. The van der Waals surface area contributed by atoms with E-state index in [9.17, 15) is 0 Å². The van der Waals surface area contributed by atoms with E-state index in [2.05, 4.69) is 178 Å². The van der Waals surface area contributed by atoms with Crippen LogP contribution in [0.2, 0.25) is 0 Å². The Morgan fingerprint density at radius 3 is 0.724 bits per heavy atom. The first-order valence-electron chi connectivity index (χ1n) is 26.4. The van der Waals surface area contributed by atoms with Crippen LogP contribution in [0.15, 0.2) is 121 Å². The molecule has 0 radical (unpaired) electrons. The molecule has 0 unspecified atom stereocenters. The van der Waals surface area contributed by atoms with Crippen molar-refractivity contribution in [3.63, 3.8) is 0 Å². The molecular formula is C66H66O8P2. The molecule has 76 heavy (non-hydrogen) atoms. The Bertz CT molecular complexity index is 3130. The van der Waals surface area contributed by atoms with E-state index < -0.39 is 15.8 Å². The number of hydrogen-bond donors (Lipinski definition) is 0. The van der Waals surface area contributed by atoms with Crippen LogP contribution in [-0.4, -0.2) is 52.9 Å². The van der Waals surface area contributed by atoms with Gasteiger partial charge < -0.3 is 37.9 Å². The normalized spacial score (nSPS) is 14.1. The smallest absolute Gasteiger partial charge is 0.169 e. The first-order valence-corrected chi connectivity index (χ1v) is 29.1. The Labute approximate surface area is 450 Å². The third-order valence-electron chi connectivity index (χ3n) is 14.8. The summed E-state index contributed by atoms with van der Waals surface area (Å²) in [6, 6.07) is 43.8. The Morgan fingerprint density at radius 1 is 0.237 bits per heavy atom. The summed E-state index contributed by atoms with van der Waals surface area (Å²) in [7, 11) is -2.18. The van der Waals surface area contributed by atoms with E-state index in [-0.39, 0.29) is 0 Å². The predicted octanol–water partition coefficient (Wildman–Crippen LogP) is 12.4. The number of rotatable bonds is 8. The quantitative estimate of drug-likeness (QED) is 0.139. The van der Waals surface area contributed by atoms with Crippen molar-refractivity contribution < 1.29 is 37.9 Å². The molecule has 0 saturated carbocycles. The third-order valence-corrected chi connectivity index (χ3v) is 21.2. The maximum Gasteiger partial charge on any atom is 0.169 e. The maximum atomic E-state index is 6.82. The molecule has 0 aromatic heterocycles. The fourth-order valence-corrected chi connectivity index (χ4v) is 17.6. The summed E-state index contributed by atoms with van der Waals surface area (Å²) in [5.41, 5.74) is 16.7. The number of ether oxygens (including phenoxy) is 8. The highest BCUT2D eigenvalue weighted by atomic mass is 31.1. The maximum absolute atomic E-state index is 6.82. The lowest BCUT2D eigenvalue weighted by molar-refractivity contribution is 0.169. The van der Waals surface area contributed by atoms with Crippen LogP contribution in [0, 0.1) is 69.2 Å². The largest absolute Gasteiger partial charge is 0.486 e. The van der Waals surface area contributed by atoms with Crippen molar-refractivity contribution in [3.05, 3.63) is 177 Å². The number of hydrogen-bond acceptors (Lipinski definition) is 8. The molecule has 0 bridgehead atoms. The van der Waals surface area contributed by atoms with Crippen molar-refractivity contribution in [2.45, 2.75) is 69.2 Å². The standard InChI is InChI=1S/C48H48O4P2.C18H18O4/c1-29-13-9-14-30(2)45(29)53(46-31(3)15-10-16-32(46)4)39-23-21-37-43(51-27-25-49-37)41(39)42-40(24-22-38-44(42)52-28-26-50-38)54(47-33(5)17-11-18-34(47)6)48-35(7)19-12-20-36(48)8;1-11-3-5-13-17(21-9-7-19-13)15(11)16-12(2)4-6-14-18(16)22-10-8-20-14/h9-24H,25-28H2,1-8H3;3-6H,7-10H2,1-2H3. The molecule has 0 aliphatic carbocycles. The van der Waals surface area contributed by atoms with E-state index in [4.69, 9.17) is 37.9 Å². The summed E-state index contributed by atoms with van der Waals surface area (Å²) in [5, 5.41) is 7.95. The molecule has 4 heterocycles. The lowest BCUT2D eigenvalue weighted by Gasteiger charge is -2.34. The summed E-state index contributed by atoms with van der Waals surface area (Å²) in [5.74, 6) is 6.29. The second-order valence-electron chi connectivity index (χ2n) is 20.2. The van der Waals surface area contributed by atoms with Gasteiger partial charge in [0.2, 0.25) is 0 Å². The van der Waals surface area contributed by atoms with Gasteiger partial charge >= 0.3 is 0 Å². The zero-order valence-electron chi connectivity index (χ0n) is 45.4. The fraction of sp³-hybridized carbons (Fsp3) is 0.273. The monoisotopic (exact) mass is 1050 g/mol. The van der Waals surface area contributed by atoms with Crippen molar-refractivity contribution in [2.75, 3.05) is 52.9 Å². The summed E-state index contributed by atoms with van der Waals surface area (Å²) < 4.78 is 49.8. The van der Waals surface area contributed by atoms with Crippen LogP contribution >= 0.6 is 15.8 Å². The molecule has 0 atom stereocenters. The minimum Gasteiger partial charge on any atom is -0.486 e. The third kappa shape index (κ3) is 9.32. The SMILES string of the molecule is Cc1ccc2c(c1-c1c(C)ccc3c1OCCO3)OCCO2.Cc1cccc(C)c1P(c1ccc2c(c1-c1c(P(c3c(C)cccc3C)c3c(C)cccc3C)ccc3c1OCCO3)OCCO2)c1c(C)cccc1C. The molecule has 8 aromatic carbocycles. The van der Waals surface area contributed by atoms with Crippen LogP contribution in [0.3, 0.4) is 0 Å². The average molecular weight is 1050 g/mol. The zero-order valence-corrected chi connectivity index (χ0v) is 47.2. The van der Waals surface area contributed by atoms with Gasteiger partial charge in [-0.1, -0.05) is 84.9 Å². The topological polar surface area (TPSA) is 73.8 Å². The lowest BCUT2D eigenvalue weighted by atomic mass is 9.93. The van der Waals surface area contributed by atoms with E-state index in [1.54, 1.807) is 0 Å². The van der Waals surface area contributed by atoms with Gasteiger partial charge in [-0.15, -0.1) is 0 Å². The fourth-order valence-electron chi connectivity index (χ4n) is 11.5. The molecular weight excluding hydrogens is 983 g/mol. The van der Waals surface area contributed by atoms with Crippen LogP contribution in [0.1, 0.15) is 55.6 Å². The zero-order chi connectivity index (χ0) is 52.8. The van der Waals surface area contributed by atoms with Gasteiger partial charge in [-0.2, -0.15) is 0 Å². The summed E-state index contributed by atoms with van der Waals surface area (Å²) in [4.78, 5) is 0. The molecule has 0 saturated heterocycles. The predicted molar refractivity (Wildman–Crippen MR) is 312 cm³/mol. The van der Waals surface area contributed by atoms with Crippen molar-refractivity contribution in [3.8, 4) is 68.2 Å². The number of aryl methyl sites for hydroxylation is 10. The summed E-state index contributed by atoms with van der Waals surface area (Å²) in [6.45, 7) is 26.5. The Kier molecular flexibility index (Phi) is 14.5. The van der Waals surface area contributed by atoms with Crippen LogP contribution in [0.25, 0.3) is 22.3 Å². The van der Waals surface area contributed by atoms with Gasteiger partial charge in [-0.3, -0.25) is 0 Å². The van der Waals surface area contributed by atoms with E-state index in [1.807, 2.05) is 12.1 Å². The molecule has 8 nitrogen and oxygen atoms in total. The van der Waals surface area contributed by atoms with Gasteiger partial charge in [0.05, 0.1) is 0 Å². The van der Waals surface area contributed by atoms with Gasteiger partial charge in [0.15, 0.2) is 46.0 Å². The van der Waals surface area contributed by atoms with Gasteiger partial charge in [0.25, 0.3) is 0 Å². The Hall–Kier alpha value is -6.98. The van der Waals surface area contributed by atoms with E-state index >= 15 is 0 Å². The van der Waals surface area contributed by atoms with Crippen molar-refractivity contribution in [1.82, 2.24) is 0 Å². The second kappa shape index (κ2) is 21.6. The van der Waals surface area contributed by atoms with Crippen molar-refractivity contribution in [1.29, 1.82) is 0 Å². The second-order valence-corrected chi connectivity index (χ2v) is 24.3. The Morgan fingerprint density at radius 2 is 0.461 bits per heavy atom. The van der Waals surface area contributed by atoms with E-state index in [0.717, 1.165) is 79.4 Å². The van der Waals surface area contributed by atoms with E-state index in [1.165, 1.54) is 76.3 Å². The van der Waals surface area contributed by atoms with Gasteiger partial charge in [0.1, 0.15) is 52.9 Å². The highest BCUT2D eigenvalue weighted by Crippen LogP contribution is 2.55. The molecule has 0 spiro atoms. The molecule has 12 rings (SSSR count). The van der Waals surface area contributed by atoms with Gasteiger partial charge in [-0.25, -0.2) is 0 Å². The molecule has 4 aliphatic heterocycles. The van der Waals surface area contributed by atoms with Crippen molar-refractivity contribution >= 4 is 47.7 Å². The molecule has 0 fully saturated rings. The van der Waals surface area contributed by atoms with Crippen LogP contribution in [-0.2, 0) is 0 Å². The highest BCUT2D eigenvalue weighted by Gasteiger charge is 2.37. The van der Waals surface area contributed by atoms with Crippen LogP contribution in [0.5, 0.6) is 46.0 Å². The highest BCUT2D eigenvalue weighted by molar-refractivity contribution is 7.81. The molecule has 8 aromatic rings. The Balaban J connectivity index is 0.000000232. The molecule has 0 amide bonds. The van der Waals surface area contributed by atoms with Gasteiger partial charge in [0, 0.05) is 22.3 Å². The summed E-state index contributed by atoms with van der Waals surface area (Å²) in [6.07, 6.45) is 0. The van der Waals surface area contributed by atoms with Crippen molar-refractivity contribution in [2.24, 2.45) is 0 Å². The first-order chi connectivity index (χ1) is 36.9. The molecule has 4 aliphatic rings. The van der Waals surface area contributed by atoms with Crippen LogP contribution in [0.4, 0.5) is 0 Å².